The second-order valence-corrected chi connectivity index (χ2v) is 6.14. The zero-order valence-electron chi connectivity index (χ0n) is 13.2. The van der Waals surface area contributed by atoms with Crippen LogP contribution in [0.2, 0.25) is 0 Å². The molecule has 122 valence electrons. The number of ether oxygens (including phenoxy) is 2. The largest absolute Gasteiger partial charge is 0.493 e. The van der Waals surface area contributed by atoms with Crippen molar-refractivity contribution in [3.8, 4) is 11.5 Å². The van der Waals surface area contributed by atoms with E-state index in [1.165, 1.54) is 37.7 Å². The fraction of sp³-hybridized carbons (Fsp3) is 0.250. The van der Waals surface area contributed by atoms with Crippen molar-refractivity contribution in [2.75, 3.05) is 19.5 Å². The van der Waals surface area contributed by atoms with Gasteiger partial charge in [-0.3, -0.25) is 4.79 Å². The molecule has 0 aliphatic rings. The molecule has 2 rings (SSSR count). The molecular weight excluding hydrogens is 318 g/mol. The number of hydrogen-bond acceptors (Lipinski definition) is 5. The molecule has 0 bridgehead atoms. The van der Waals surface area contributed by atoms with Crippen LogP contribution in [0.4, 0.5) is 5.69 Å². The quantitative estimate of drug-likeness (QED) is 0.875. The fourth-order valence-corrected chi connectivity index (χ4v) is 3.15. The summed E-state index contributed by atoms with van der Waals surface area (Å²) in [4.78, 5) is 25.3. The van der Waals surface area contributed by atoms with E-state index in [0.717, 1.165) is 10.4 Å². The van der Waals surface area contributed by atoms with Crippen LogP contribution in [0.3, 0.4) is 0 Å². The van der Waals surface area contributed by atoms with E-state index >= 15 is 0 Å². The van der Waals surface area contributed by atoms with Gasteiger partial charge in [-0.15, -0.1) is 11.3 Å². The van der Waals surface area contributed by atoms with Crippen molar-refractivity contribution in [3.63, 3.8) is 0 Å². The normalized spacial score (nSPS) is 10.3. The molecule has 23 heavy (non-hydrogen) atoms. The average molecular weight is 335 g/mol. The lowest BCUT2D eigenvalue weighted by Gasteiger charge is -2.14. The Morgan fingerprint density at radius 2 is 1.83 bits per heavy atom. The number of methoxy groups -OCH3 is 2. The standard InChI is InChI=1S/C16H17NO5S/c1-8-5-9(2)23-14(8)15(18)17-11-6-10(16(19)20)7-12(21-3)13(11)22-4/h5-7H,1-4H3,(H,17,18)(H,19,20). The molecule has 0 saturated heterocycles. The van der Waals surface area contributed by atoms with E-state index in [0.29, 0.717) is 4.88 Å². The van der Waals surface area contributed by atoms with Crippen LogP contribution in [-0.2, 0) is 0 Å². The third-order valence-electron chi connectivity index (χ3n) is 3.22. The predicted octanol–water partition coefficient (Wildman–Crippen LogP) is 3.33. The number of thiophene rings is 1. The number of anilines is 1. The molecule has 0 radical (unpaired) electrons. The fourth-order valence-electron chi connectivity index (χ4n) is 2.23. The van der Waals surface area contributed by atoms with E-state index < -0.39 is 5.97 Å². The van der Waals surface area contributed by atoms with Crippen molar-refractivity contribution >= 4 is 28.9 Å². The van der Waals surface area contributed by atoms with Gasteiger partial charge in [0.1, 0.15) is 0 Å². The SMILES string of the molecule is COc1cc(C(=O)O)cc(NC(=O)c2sc(C)cc2C)c1OC. The van der Waals surface area contributed by atoms with E-state index in [1.807, 2.05) is 19.9 Å². The minimum absolute atomic E-state index is 0.00275. The van der Waals surface area contributed by atoms with Gasteiger partial charge in [-0.25, -0.2) is 4.79 Å². The van der Waals surface area contributed by atoms with Crippen molar-refractivity contribution in [1.29, 1.82) is 0 Å². The third kappa shape index (κ3) is 3.45. The maximum atomic E-state index is 12.5. The molecule has 0 atom stereocenters. The molecule has 0 aliphatic carbocycles. The number of carbonyl (C=O) groups excluding carboxylic acids is 1. The van der Waals surface area contributed by atoms with E-state index in [4.69, 9.17) is 9.47 Å². The van der Waals surface area contributed by atoms with Gasteiger partial charge in [0.25, 0.3) is 5.91 Å². The molecule has 1 aromatic carbocycles. The number of carboxylic acid groups (broad SMARTS) is 1. The second kappa shape index (κ2) is 6.70. The molecular formula is C16H17NO5S. The van der Waals surface area contributed by atoms with Crippen LogP contribution in [0.1, 0.15) is 30.5 Å². The van der Waals surface area contributed by atoms with Gasteiger partial charge >= 0.3 is 5.97 Å². The van der Waals surface area contributed by atoms with Crippen molar-refractivity contribution in [3.05, 3.63) is 39.1 Å². The first-order valence-corrected chi connectivity index (χ1v) is 7.56. The molecule has 2 N–H and O–H groups in total. The number of carbonyl (C=O) groups is 2. The highest BCUT2D eigenvalue weighted by atomic mass is 32.1. The van der Waals surface area contributed by atoms with Crippen molar-refractivity contribution in [1.82, 2.24) is 0 Å². The Morgan fingerprint density at radius 3 is 2.30 bits per heavy atom. The Kier molecular flexibility index (Phi) is 4.90. The summed E-state index contributed by atoms with van der Waals surface area (Å²) >= 11 is 1.38. The number of aromatic carboxylic acids is 1. The number of hydrogen-bond donors (Lipinski definition) is 2. The Balaban J connectivity index is 2.45. The van der Waals surface area contributed by atoms with Gasteiger partial charge in [-0.2, -0.15) is 0 Å². The van der Waals surface area contributed by atoms with Crippen LogP contribution in [0.15, 0.2) is 18.2 Å². The smallest absolute Gasteiger partial charge is 0.335 e. The number of amides is 1. The van der Waals surface area contributed by atoms with E-state index in [-0.39, 0.29) is 28.7 Å². The van der Waals surface area contributed by atoms with Crippen molar-refractivity contribution in [2.45, 2.75) is 13.8 Å². The van der Waals surface area contributed by atoms with Crippen molar-refractivity contribution in [2.24, 2.45) is 0 Å². The number of benzene rings is 1. The van der Waals surface area contributed by atoms with Gasteiger partial charge in [-0.1, -0.05) is 0 Å². The van der Waals surface area contributed by atoms with Gasteiger partial charge in [0.2, 0.25) is 0 Å². The number of rotatable bonds is 5. The third-order valence-corrected chi connectivity index (χ3v) is 4.37. The summed E-state index contributed by atoms with van der Waals surface area (Å²) in [6, 6.07) is 4.61. The summed E-state index contributed by atoms with van der Waals surface area (Å²) in [5, 5.41) is 11.9. The second-order valence-electron chi connectivity index (χ2n) is 4.89. The predicted molar refractivity (Wildman–Crippen MR) is 88.3 cm³/mol. The summed E-state index contributed by atoms with van der Waals surface area (Å²) in [5.41, 5.74) is 1.11. The minimum Gasteiger partial charge on any atom is -0.493 e. The monoisotopic (exact) mass is 335 g/mol. The maximum absolute atomic E-state index is 12.5. The molecule has 6 nitrogen and oxygen atoms in total. The first-order valence-electron chi connectivity index (χ1n) is 6.75. The molecule has 0 saturated carbocycles. The Bertz CT molecular complexity index is 766. The average Bonchev–Trinajstić information content (AvgIpc) is 2.84. The summed E-state index contributed by atoms with van der Waals surface area (Å²) in [7, 11) is 2.83. The van der Waals surface area contributed by atoms with E-state index in [9.17, 15) is 14.7 Å². The summed E-state index contributed by atoms with van der Waals surface area (Å²) in [6.45, 7) is 3.77. The lowest BCUT2D eigenvalue weighted by molar-refractivity contribution is 0.0696. The summed E-state index contributed by atoms with van der Waals surface area (Å²) in [6.07, 6.45) is 0. The maximum Gasteiger partial charge on any atom is 0.335 e. The van der Waals surface area contributed by atoms with Gasteiger partial charge in [0.05, 0.1) is 30.3 Å². The molecule has 0 spiro atoms. The Morgan fingerprint density at radius 1 is 1.13 bits per heavy atom. The highest BCUT2D eigenvalue weighted by molar-refractivity contribution is 7.14. The number of aryl methyl sites for hydroxylation is 2. The summed E-state index contributed by atoms with van der Waals surface area (Å²) in [5.74, 6) is -0.924. The Hall–Kier alpha value is -2.54. The Labute approximate surface area is 137 Å². The van der Waals surface area contributed by atoms with Crippen LogP contribution in [0, 0.1) is 13.8 Å². The molecule has 0 fully saturated rings. The lowest BCUT2D eigenvalue weighted by Crippen LogP contribution is -2.13. The lowest BCUT2D eigenvalue weighted by atomic mass is 10.1. The van der Waals surface area contributed by atoms with Crippen LogP contribution < -0.4 is 14.8 Å². The highest BCUT2D eigenvalue weighted by Gasteiger charge is 2.19. The zero-order chi connectivity index (χ0) is 17.1. The van der Waals surface area contributed by atoms with E-state index in [1.54, 1.807) is 0 Å². The molecule has 1 amide bonds. The first kappa shape index (κ1) is 16.8. The van der Waals surface area contributed by atoms with Crippen LogP contribution >= 0.6 is 11.3 Å². The first-order chi connectivity index (χ1) is 10.9. The van der Waals surface area contributed by atoms with Crippen LogP contribution in [0.25, 0.3) is 0 Å². The van der Waals surface area contributed by atoms with Crippen molar-refractivity contribution < 1.29 is 24.2 Å². The van der Waals surface area contributed by atoms with Crippen LogP contribution in [-0.4, -0.2) is 31.2 Å². The highest BCUT2D eigenvalue weighted by Crippen LogP contribution is 2.37. The number of nitrogens with one attached hydrogen (secondary N) is 1. The minimum atomic E-state index is -1.12. The van der Waals surface area contributed by atoms with Gasteiger partial charge in [0.15, 0.2) is 11.5 Å². The molecule has 1 aromatic heterocycles. The number of carboxylic acids is 1. The van der Waals surface area contributed by atoms with Gasteiger partial charge in [-0.05, 0) is 37.6 Å². The van der Waals surface area contributed by atoms with Gasteiger partial charge in [0, 0.05) is 4.88 Å². The van der Waals surface area contributed by atoms with Crippen LogP contribution in [0.5, 0.6) is 11.5 Å². The molecule has 1 heterocycles. The molecule has 0 unspecified atom stereocenters. The molecule has 7 heteroatoms. The van der Waals surface area contributed by atoms with Gasteiger partial charge < -0.3 is 19.9 Å². The molecule has 2 aromatic rings. The zero-order valence-corrected chi connectivity index (χ0v) is 14.0. The summed E-state index contributed by atoms with van der Waals surface area (Å²) < 4.78 is 10.4. The van der Waals surface area contributed by atoms with E-state index in [2.05, 4.69) is 5.32 Å². The molecule has 0 aliphatic heterocycles. The topological polar surface area (TPSA) is 84.9 Å².